The molecule has 1 unspecified atom stereocenters. The van der Waals surface area contributed by atoms with Crippen molar-refractivity contribution in [2.75, 3.05) is 6.54 Å². The first-order chi connectivity index (χ1) is 7.24. The van der Waals surface area contributed by atoms with Crippen LogP contribution in [0.4, 0.5) is 0 Å². The predicted molar refractivity (Wildman–Crippen MR) is 68.6 cm³/mol. The zero-order chi connectivity index (χ0) is 11.1. The Hall–Kier alpha value is -0.590. The van der Waals surface area contributed by atoms with Crippen molar-refractivity contribution in [1.29, 1.82) is 0 Å². The summed E-state index contributed by atoms with van der Waals surface area (Å²) < 4.78 is 0. The smallest absolute Gasteiger partial charge is 0.0424 e. The van der Waals surface area contributed by atoms with Crippen LogP contribution in [-0.2, 0) is 0 Å². The summed E-state index contributed by atoms with van der Waals surface area (Å²) in [6.45, 7) is 9.35. The Balaban J connectivity index is 2.04. The van der Waals surface area contributed by atoms with E-state index < -0.39 is 0 Å². The summed E-state index contributed by atoms with van der Waals surface area (Å²) in [6.07, 6.45) is 9.51. The standard InChI is InChI=1S/C14H25N/c1-4-5-6-7-8-9-13-10-14(12(2)3)15-11-13/h13H,2,4-11H2,1,3H3. The molecular formula is C14H25N. The van der Waals surface area contributed by atoms with Crippen LogP contribution >= 0.6 is 0 Å². The third-order valence-corrected chi connectivity index (χ3v) is 3.23. The molecule has 15 heavy (non-hydrogen) atoms. The van der Waals surface area contributed by atoms with E-state index in [1.54, 1.807) is 0 Å². The van der Waals surface area contributed by atoms with Crippen LogP contribution < -0.4 is 0 Å². The van der Waals surface area contributed by atoms with E-state index in [0.29, 0.717) is 0 Å². The van der Waals surface area contributed by atoms with E-state index in [4.69, 9.17) is 0 Å². The van der Waals surface area contributed by atoms with E-state index in [-0.39, 0.29) is 0 Å². The van der Waals surface area contributed by atoms with Gasteiger partial charge in [0.25, 0.3) is 0 Å². The zero-order valence-corrected chi connectivity index (χ0v) is 10.4. The minimum atomic E-state index is 0.818. The first-order valence-corrected chi connectivity index (χ1v) is 6.43. The summed E-state index contributed by atoms with van der Waals surface area (Å²) in [7, 11) is 0. The summed E-state index contributed by atoms with van der Waals surface area (Å²) in [5, 5.41) is 0. The second-order valence-corrected chi connectivity index (χ2v) is 4.84. The molecule has 0 aromatic heterocycles. The molecule has 1 heterocycles. The van der Waals surface area contributed by atoms with Gasteiger partial charge in [-0.1, -0.05) is 45.6 Å². The topological polar surface area (TPSA) is 12.4 Å². The Morgan fingerprint density at radius 2 is 2.07 bits per heavy atom. The molecule has 0 saturated heterocycles. The Bertz CT molecular complexity index is 227. The molecule has 0 amide bonds. The molecule has 1 heteroatoms. The van der Waals surface area contributed by atoms with Gasteiger partial charge in [0.15, 0.2) is 0 Å². The van der Waals surface area contributed by atoms with E-state index in [1.165, 1.54) is 56.2 Å². The maximum atomic E-state index is 4.55. The maximum Gasteiger partial charge on any atom is 0.0424 e. The van der Waals surface area contributed by atoms with Crippen LogP contribution in [0, 0.1) is 5.92 Å². The lowest BCUT2D eigenvalue weighted by Crippen LogP contribution is -2.02. The van der Waals surface area contributed by atoms with E-state index in [0.717, 1.165) is 12.5 Å². The van der Waals surface area contributed by atoms with Gasteiger partial charge in [-0.3, -0.25) is 4.99 Å². The Morgan fingerprint density at radius 1 is 1.33 bits per heavy atom. The van der Waals surface area contributed by atoms with Gasteiger partial charge in [0.2, 0.25) is 0 Å². The molecule has 0 bridgehead atoms. The number of aliphatic imine (C=N–C) groups is 1. The molecule has 1 aliphatic heterocycles. The number of hydrogen-bond acceptors (Lipinski definition) is 1. The lowest BCUT2D eigenvalue weighted by atomic mass is 9.96. The maximum absolute atomic E-state index is 4.55. The van der Waals surface area contributed by atoms with E-state index >= 15 is 0 Å². The van der Waals surface area contributed by atoms with Crippen molar-refractivity contribution in [3.05, 3.63) is 12.2 Å². The second-order valence-electron chi connectivity index (χ2n) is 4.84. The summed E-state index contributed by atoms with van der Waals surface area (Å²) in [5.41, 5.74) is 2.44. The molecule has 1 aliphatic rings. The Morgan fingerprint density at radius 3 is 2.67 bits per heavy atom. The highest BCUT2D eigenvalue weighted by Crippen LogP contribution is 2.23. The lowest BCUT2D eigenvalue weighted by Gasteiger charge is -2.08. The molecule has 1 rings (SSSR count). The fourth-order valence-electron chi connectivity index (χ4n) is 2.18. The van der Waals surface area contributed by atoms with Gasteiger partial charge in [0, 0.05) is 12.3 Å². The van der Waals surface area contributed by atoms with E-state index in [2.05, 4.69) is 25.4 Å². The van der Waals surface area contributed by atoms with Crippen LogP contribution in [0.15, 0.2) is 17.1 Å². The fraction of sp³-hybridized carbons (Fsp3) is 0.786. The van der Waals surface area contributed by atoms with Gasteiger partial charge in [0.1, 0.15) is 0 Å². The number of unbranched alkanes of at least 4 members (excludes halogenated alkanes) is 4. The molecular weight excluding hydrogens is 182 g/mol. The van der Waals surface area contributed by atoms with Gasteiger partial charge in [0.05, 0.1) is 0 Å². The Kier molecular flexibility index (Phi) is 5.67. The minimum absolute atomic E-state index is 0.818. The number of nitrogens with zero attached hydrogens (tertiary/aromatic N) is 1. The van der Waals surface area contributed by atoms with Gasteiger partial charge in [-0.25, -0.2) is 0 Å². The molecule has 1 nitrogen and oxygen atoms in total. The van der Waals surface area contributed by atoms with Crippen LogP contribution in [0.3, 0.4) is 0 Å². The van der Waals surface area contributed by atoms with Gasteiger partial charge in [-0.05, 0) is 31.3 Å². The average molecular weight is 207 g/mol. The zero-order valence-electron chi connectivity index (χ0n) is 10.4. The SMILES string of the molecule is C=C(C)C1=NCC(CCCCCCC)C1. The first kappa shape index (κ1) is 12.5. The molecule has 86 valence electrons. The van der Waals surface area contributed by atoms with Gasteiger partial charge < -0.3 is 0 Å². The van der Waals surface area contributed by atoms with Crippen LogP contribution in [0.2, 0.25) is 0 Å². The molecule has 0 radical (unpaired) electrons. The number of rotatable bonds is 7. The van der Waals surface area contributed by atoms with Crippen molar-refractivity contribution in [3.8, 4) is 0 Å². The van der Waals surface area contributed by atoms with Gasteiger partial charge >= 0.3 is 0 Å². The third-order valence-electron chi connectivity index (χ3n) is 3.23. The first-order valence-electron chi connectivity index (χ1n) is 6.43. The highest BCUT2D eigenvalue weighted by atomic mass is 14.8. The lowest BCUT2D eigenvalue weighted by molar-refractivity contribution is 0.491. The normalized spacial score (nSPS) is 20.4. The second kappa shape index (κ2) is 6.81. The molecule has 0 aromatic carbocycles. The number of allylic oxidation sites excluding steroid dienone is 1. The molecule has 0 spiro atoms. The fourth-order valence-corrected chi connectivity index (χ4v) is 2.18. The summed E-state index contributed by atoms with van der Waals surface area (Å²) >= 11 is 0. The van der Waals surface area contributed by atoms with Crippen LogP contribution in [0.1, 0.15) is 58.8 Å². The molecule has 0 fully saturated rings. The van der Waals surface area contributed by atoms with Crippen molar-refractivity contribution in [2.24, 2.45) is 10.9 Å². The highest BCUT2D eigenvalue weighted by Gasteiger charge is 2.17. The summed E-state index contributed by atoms with van der Waals surface area (Å²) in [6, 6.07) is 0. The van der Waals surface area contributed by atoms with Crippen molar-refractivity contribution < 1.29 is 0 Å². The van der Waals surface area contributed by atoms with Crippen molar-refractivity contribution >= 4 is 5.71 Å². The molecule has 0 N–H and O–H groups in total. The van der Waals surface area contributed by atoms with E-state index in [1.807, 2.05) is 0 Å². The van der Waals surface area contributed by atoms with Gasteiger partial charge in [-0.15, -0.1) is 0 Å². The van der Waals surface area contributed by atoms with Crippen LogP contribution in [-0.4, -0.2) is 12.3 Å². The largest absolute Gasteiger partial charge is 0.289 e. The van der Waals surface area contributed by atoms with Gasteiger partial charge in [-0.2, -0.15) is 0 Å². The molecule has 0 saturated carbocycles. The predicted octanol–water partition coefficient (Wildman–Crippen LogP) is 4.38. The van der Waals surface area contributed by atoms with Crippen LogP contribution in [0.5, 0.6) is 0 Å². The van der Waals surface area contributed by atoms with Crippen molar-refractivity contribution in [3.63, 3.8) is 0 Å². The van der Waals surface area contributed by atoms with Crippen LogP contribution in [0.25, 0.3) is 0 Å². The number of hydrogen-bond donors (Lipinski definition) is 0. The quantitative estimate of drug-likeness (QED) is 0.549. The molecule has 0 aromatic rings. The minimum Gasteiger partial charge on any atom is -0.289 e. The average Bonchev–Trinajstić information content (AvgIpc) is 2.66. The molecule has 1 atom stereocenters. The summed E-state index contributed by atoms with van der Waals surface area (Å²) in [4.78, 5) is 4.55. The third kappa shape index (κ3) is 4.63. The van der Waals surface area contributed by atoms with Crippen molar-refractivity contribution in [2.45, 2.75) is 58.8 Å². The monoisotopic (exact) mass is 207 g/mol. The Labute approximate surface area is 94.7 Å². The highest BCUT2D eigenvalue weighted by molar-refractivity contribution is 6.00. The van der Waals surface area contributed by atoms with Crippen molar-refractivity contribution in [1.82, 2.24) is 0 Å². The molecule has 0 aliphatic carbocycles. The van der Waals surface area contributed by atoms with E-state index in [9.17, 15) is 0 Å². The summed E-state index contributed by atoms with van der Waals surface area (Å²) in [5.74, 6) is 0.818.